The summed E-state index contributed by atoms with van der Waals surface area (Å²) in [4.78, 5) is 2.73. The Hall–Kier alpha value is -1.97. The topological polar surface area (TPSA) is 73.9 Å². The van der Waals surface area contributed by atoms with Crippen LogP contribution in [-0.4, -0.2) is 16.3 Å². The van der Waals surface area contributed by atoms with E-state index in [1.54, 1.807) is 0 Å². The van der Waals surface area contributed by atoms with Crippen molar-refractivity contribution in [2.24, 2.45) is 12.2 Å². The van der Waals surface area contributed by atoms with Crippen LogP contribution < -0.4 is 0 Å². The van der Waals surface area contributed by atoms with Gasteiger partial charge in [-0.05, 0) is 28.6 Å². The maximum atomic E-state index is 9.13. The van der Waals surface area contributed by atoms with E-state index in [9.17, 15) is 0 Å². The summed E-state index contributed by atoms with van der Waals surface area (Å²) in [5, 5.41) is 13.8. The molecule has 0 bridgehead atoms. The first-order valence-corrected chi connectivity index (χ1v) is 4.96. The molecule has 82 valence electrons. The molecule has 5 heteroatoms. The highest BCUT2D eigenvalue weighted by atomic mass is 16.3. The number of hydrogen-bond acceptors (Lipinski definition) is 2. The van der Waals surface area contributed by atoms with Crippen molar-refractivity contribution < 1.29 is 5.11 Å². The van der Waals surface area contributed by atoms with Crippen LogP contribution in [0.5, 0.6) is 0 Å². The van der Waals surface area contributed by atoms with Gasteiger partial charge < -0.3 is 9.67 Å². The molecule has 1 unspecified atom stereocenters. The normalized spacial score (nSPS) is 12.4. The van der Waals surface area contributed by atoms with Crippen molar-refractivity contribution in [2.45, 2.75) is 6.04 Å². The Bertz CT molecular complexity index is 554. The lowest BCUT2D eigenvalue weighted by molar-refractivity contribution is 0.268. The summed E-state index contributed by atoms with van der Waals surface area (Å²) in [5.41, 5.74) is 10.3. The number of aromatic nitrogens is 1. The number of aliphatic hydroxyl groups is 1. The molecule has 1 N–H and O–H groups in total. The highest BCUT2D eigenvalue weighted by molar-refractivity contribution is 5.80. The summed E-state index contributed by atoms with van der Waals surface area (Å²) in [6.07, 6.45) is 1.97. The van der Waals surface area contributed by atoms with E-state index >= 15 is 0 Å². The van der Waals surface area contributed by atoms with Crippen molar-refractivity contribution in [3.8, 4) is 0 Å². The lowest BCUT2D eigenvalue weighted by Gasteiger charge is -2.08. The van der Waals surface area contributed by atoms with Crippen molar-refractivity contribution >= 4 is 10.9 Å². The van der Waals surface area contributed by atoms with Gasteiger partial charge in [-0.2, -0.15) is 0 Å². The molecule has 0 spiro atoms. The number of benzene rings is 1. The lowest BCUT2D eigenvalue weighted by Crippen LogP contribution is -2.00. The van der Waals surface area contributed by atoms with Crippen molar-refractivity contribution in [3.05, 3.63) is 46.5 Å². The molecule has 1 heterocycles. The van der Waals surface area contributed by atoms with Crippen LogP contribution in [0.3, 0.4) is 0 Å². The molecule has 16 heavy (non-hydrogen) atoms. The van der Waals surface area contributed by atoms with Crippen molar-refractivity contribution in [1.29, 1.82) is 0 Å². The average Bonchev–Trinajstić information content (AvgIpc) is 2.68. The second-order valence-corrected chi connectivity index (χ2v) is 3.65. The molecule has 0 saturated heterocycles. The van der Waals surface area contributed by atoms with Gasteiger partial charge in [-0.3, -0.25) is 0 Å². The summed E-state index contributed by atoms with van der Waals surface area (Å²) in [5.74, 6) is 0. The monoisotopic (exact) mass is 216 g/mol. The third-order valence-electron chi connectivity index (χ3n) is 2.66. The Labute approximate surface area is 92.6 Å². The molecule has 0 aliphatic rings. The van der Waals surface area contributed by atoms with Gasteiger partial charge in [0.25, 0.3) is 0 Å². The third-order valence-corrected chi connectivity index (χ3v) is 2.66. The van der Waals surface area contributed by atoms with E-state index in [1.165, 1.54) is 0 Å². The number of azide groups is 1. The molecule has 1 atom stereocenters. The molecular weight excluding hydrogens is 204 g/mol. The van der Waals surface area contributed by atoms with E-state index in [1.807, 2.05) is 42.1 Å². The van der Waals surface area contributed by atoms with Gasteiger partial charge in [0.1, 0.15) is 0 Å². The Kier molecular flexibility index (Phi) is 2.81. The molecule has 1 aromatic carbocycles. The first kappa shape index (κ1) is 10.5. The fourth-order valence-electron chi connectivity index (χ4n) is 1.76. The zero-order valence-corrected chi connectivity index (χ0v) is 8.91. The van der Waals surface area contributed by atoms with Crippen LogP contribution >= 0.6 is 0 Å². The molecule has 0 radical (unpaired) electrons. The summed E-state index contributed by atoms with van der Waals surface area (Å²) >= 11 is 0. The standard InChI is InChI=1S/C11H12N4O/c1-15-5-4-8-2-3-9(6-11(8)15)10(7-16)13-14-12/h2-6,10,16H,7H2,1H3. The largest absolute Gasteiger partial charge is 0.396 e. The second kappa shape index (κ2) is 4.26. The summed E-state index contributed by atoms with van der Waals surface area (Å²) in [6.45, 7) is -0.181. The van der Waals surface area contributed by atoms with Gasteiger partial charge in [0.2, 0.25) is 0 Å². The van der Waals surface area contributed by atoms with Gasteiger partial charge >= 0.3 is 0 Å². The summed E-state index contributed by atoms with van der Waals surface area (Å²) in [6, 6.07) is 7.27. The number of aryl methyl sites for hydroxylation is 1. The molecule has 0 saturated carbocycles. The maximum absolute atomic E-state index is 9.13. The average molecular weight is 216 g/mol. The highest BCUT2D eigenvalue weighted by Crippen LogP contribution is 2.23. The van der Waals surface area contributed by atoms with Gasteiger partial charge in [0.05, 0.1) is 12.6 Å². The number of hydrogen-bond donors (Lipinski definition) is 1. The van der Waals surface area contributed by atoms with Gasteiger partial charge in [-0.25, -0.2) is 0 Å². The number of aliphatic hydroxyl groups excluding tert-OH is 1. The Morgan fingerprint density at radius 2 is 2.31 bits per heavy atom. The fraction of sp³-hybridized carbons (Fsp3) is 0.273. The highest BCUT2D eigenvalue weighted by Gasteiger charge is 2.09. The van der Waals surface area contributed by atoms with Gasteiger partial charge in [0.15, 0.2) is 0 Å². The molecule has 5 nitrogen and oxygen atoms in total. The summed E-state index contributed by atoms with van der Waals surface area (Å²) < 4.78 is 1.99. The molecule has 0 amide bonds. The lowest BCUT2D eigenvalue weighted by atomic mass is 10.1. The quantitative estimate of drug-likeness (QED) is 0.477. The van der Waals surface area contributed by atoms with Crippen LogP contribution in [0.2, 0.25) is 0 Å². The first-order chi connectivity index (χ1) is 7.76. The second-order valence-electron chi connectivity index (χ2n) is 3.65. The van der Waals surface area contributed by atoms with E-state index in [-0.39, 0.29) is 6.61 Å². The van der Waals surface area contributed by atoms with E-state index in [0.29, 0.717) is 0 Å². The Morgan fingerprint density at radius 1 is 1.50 bits per heavy atom. The smallest absolute Gasteiger partial charge is 0.0857 e. The van der Waals surface area contributed by atoms with Crippen LogP contribution in [0.25, 0.3) is 21.3 Å². The Balaban J connectivity index is 2.52. The predicted octanol–water partition coefficient (Wildman–Crippen LogP) is 2.52. The fourth-order valence-corrected chi connectivity index (χ4v) is 1.76. The summed E-state index contributed by atoms with van der Waals surface area (Å²) in [7, 11) is 1.95. The van der Waals surface area contributed by atoms with Gasteiger partial charge in [0, 0.05) is 23.7 Å². The van der Waals surface area contributed by atoms with Crippen molar-refractivity contribution in [1.82, 2.24) is 4.57 Å². The van der Waals surface area contributed by atoms with Crippen LogP contribution in [0.4, 0.5) is 0 Å². The van der Waals surface area contributed by atoms with Crippen LogP contribution in [0, 0.1) is 0 Å². The molecular formula is C11H12N4O. The van der Waals surface area contributed by atoms with E-state index in [4.69, 9.17) is 10.6 Å². The molecule has 1 aromatic heterocycles. The molecule has 0 fully saturated rings. The number of rotatable bonds is 3. The van der Waals surface area contributed by atoms with E-state index in [0.717, 1.165) is 16.5 Å². The van der Waals surface area contributed by atoms with Gasteiger partial charge in [-0.15, -0.1) is 0 Å². The number of nitrogens with zero attached hydrogens (tertiary/aromatic N) is 4. The minimum absolute atomic E-state index is 0.181. The van der Waals surface area contributed by atoms with Crippen LogP contribution in [0.15, 0.2) is 35.6 Å². The van der Waals surface area contributed by atoms with E-state index < -0.39 is 6.04 Å². The van der Waals surface area contributed by atoms with Crippen molar-refractivity contribution in [3.63, 3.8) is 0 Å². The zero-order chi connectivity index (χ0) is 11.5. The van der Waals surface area contributed by atoms with E-state index in [2.05, 4.69) is 10.0 Å². The molecule has 0 aliphatic heterocycles. The maximum Gasteiger partial charge on any atom is 0.0857 e. The predicted molar refractivity (Wildman–Crippen MR) is 61.9 cm³/mol. The first-order valence-electron chi connectivity index (χ1n) is 4.96. The zero-order valence-electron chi connectivity index (χ0n) is 8.91. The third kappa shape index (κ3) is 1.74. The van der Waals surface area contributed by atoms with Crippen molar-refractivity contribution in [2.75, 3.05) is 6.61 Å². The van der Waals surface area contributed by atoms with Crippen LogP contribution in [-0.2, 0) is 7.05 Å². The molecule has 2 rings (SSSR count). The van der Waals surface area contributed by atoms with Crippen LogP contribution in [0.1, 0.15) is 11.6 Å². The minimum atomic E-state index is -0.510. The Morgan fingerprint density at radius 3 is 3.00 bits per heavy atom. The molecule has 0 aliphatic carbocycles. The SMILES string of the molecule is Cn1ccc2ccc(C(CO)N=[N+]=[N-])cc21. The molecule has 2 aromatic rings. The minimum Gasteiger partial charge on any atom is -0.396 e. The van der Waals surface area contributed by atoms with Gasteiger partial charge in [-0.1, -0.05) is 17.2 Å². The number of fused-ring (bicyclic) bond motifs is 1.